The highest BCUT2D eigenvalue weighted by atomic mass is 31.2. The molecule has 1 N–H and O–H groups in total. The Morgan fingerprint density at radius 1 is 1.25 bits per heavy atom. The van der Waals surface area contributed by atoms with Crippen LogP contribution in [0.4, 0.5) is 0 Å². The minimum absolute atomic E-state index is 0.246. The molecule has 0 radical (unpaired) electrons. The van der Waals surface area contributed by atoms with Crippen LogP contribution in [-0.2, 0) is 19.0 Å². The Kier molecular flexibility index (Phi) is 4.28. The van der Waals surface area contributed by atoms with Crippen LogP contribution in [0, 0.1) is 0 Å². The molecule has 4 nitrogen and oxygen atoms in total. The molecular weight excluding hydrogens is 227 g/mol. The van der Waals surface area contributed by atoms with E-state index in [9.17, 15) is 9.67 Å². The fourth-order valence-corrected chi connectivity index (χ4v) is 3.24. The van der Waals surface area contributed by atoms with Crippen molar-refractivity contribution in [2.24, 2.45) is 0 Å². The Morgan fingerprint density at radius 3 is 2.12 bits per heavy atom. The highest BCUT2D eigenvalue weighted by molar-refractivity contribution is 7.54. The van der Waals surface area contributed by atoms with Crippen LogP contribution in [0.3, 0.4) is 0 Å². The molecule has 0 fully saturated rings. The monoisotopic (exact) mass is 244 g/mol. The van der Waals surface area contributed by atoms with E-state index >= 15 is 0 Å². The fraction of sp³-hybridized carbons (Fsp3) is 0.455. The van der Waals surface area contributed by atoms with E-state index in [2.05, 4.69) is 0 Å². The molecular formula is C11H17O4P. The van der Waals surface area contributed by atoms with Crippen LogP contribution in [0.2, 0.25) is 0 Å². The van der Waals surface area contributed by atoms with Crippen molar-refractivity contribution in [1.82, 2.24) is 0 Å². The van der Waals surface area contributed by atoms with Gasteiger partial charge in [0.25, 0.3) is 0 Å². The summed E-state index contributed by atoms with van der Waals surface area (Å²) in [6, 6.07) is 8.77. The Bertz CT molecular complexity index is 371. The van der Waals surface area contributed by atoms with Gasteiger partial charge in [-0.2, -0.15) is 0 Å². The van der Waals surface area contributed by atoms with E-state index in [1.165, 1.54) is 14.2 Å². The fourth-order valence-electron chi connectivity index (χ4n) is 1.64. The number of aliphatic hydroxyl groups is 1. The zero-order valence-corrected chi connectivity index (χ0v) is 10.6. The third kappa shape index (κ3) is 2.06. The van der Waals surface area contributed by atoms with Gasteiger partial charge >= 0.3 is 7.60 Å². The predicted molar refractivity (Wildman–Crippen MR) is 62.3 cm³/mol. The van der Waals surface area contributed by atoms with Gasteiger partial charge in [-0.05, 0) is 12.0 Å². The largest absolute Gasteiger partial charge is 0.373 e. The van der Waals surface area contributed by atoms with Gasteiger partial charge in [0.2, 0.25) is 0 Å². The van der Waals surface area contributed by atoms with E-state index in [1.807, 2.05) is 6.07 Å². The Hall–Kier alpha value is -0.670. The van der Waals surface area contributed by atoms with Gasteiger partial charge < -0.3 is 14.2 Å². The molecule has 0 aromatic heterocycles. The zero-order chi connectivity index (χ0) is 12.2. The van der Waals surface area contributed by atoms with Crippen LogP contribution in [0.1, 0.15) is 18.9 Å². The summed E-state index contributed by atoms with van der Waals surface area (Å²) in [5.74, 6) is 0. The van der Waals surface area contributed by atoms with Crippen LogP contribution in [0.5, 0.6) is 0 Å². The van der Waals surface area contributed by atoms with Crippen LogP contribution < -0.4 is 0 Å². The van der Waals surface area contributed by atoms with Crippen molar-refractivity contribution in [2.45, 2.75) is 18.7 Å². The van der Waals surface area contributed by atoms with Crippen molar-refractivity contribution in [2.75, 3.05) is 14.2 Å². The van der Waals surface area contributed by atoms with Crippen molar-refractivity contribution in [3.63, 3.8) is 0 Å². The highest BCUT2D eigenvalue weighted by Gasteiger charge is 2.48. The van der Waals surface area contributed by atoms with Crippen molar-refractivity contribution in [1.29, 1.82) is 0 Å². The SMILES string of the molecule is CCC(O)(c1ccccc1)P(=O)(OC)OC. The molecule has 90 valence electrons. The van der Waals surface area contributed by atoms with E-state index in [0.29, 0.717) is 5.56 Å². The minimum Gasteiger partial charge on any atom is -0.373 e. The molecule has 0 aliphatic rings. The predicted octanol–water partition coefficient (Wildman–Crippen LogP) is 2.73. The molecule has 0 saturated carbocycles. The number of rotatable bonds is 5. The van der Waals surface area contributed by atoms with Crippen molar-refractivity contribution in [3.05, 3.63) is 35.9 Å². The lowest BCUT2D eigenvalue weighted by molar-refractivity contribution is 0.0730. The summed E-state index contributed by atoms with van der Waals surface area (Å²) < 4.78 is 22.1. The summed E-state index contributed by atoms with van der Waals surface area (Å²) in [6.45, 7) is 1.73. The van der Waals surface area contributed by atoms with E-state index < -0.39 is 12.9 Å². The van der Waals surface area contributed by atoms with Crippen molar-refractivity contribution in [3.8, 4) is 0 Å². The first-order valence-electron chi connectivity index (χ1n) is 5.03. The maximum absolute atomic E-state index is 12.3. The first-order valence-corrected chi connectivity index (χ1v) is 6.58. The van der Waals surface area contributed by atoms with Gasteiger partial charge in [-0.3, -0.25) is 4.57 Å². The Labute approximate surface area is 95.7 Å². The van der Waals surface area contributed by atoms with Crippen LogP contribution in [0.15, 0.2) is 30.3 Å². The summed E-state index contributed by atoms with van der Waals surface area (Å²) in [6.07, 6.45) is 0.246. The third-order valence-electron chi connectivity index (χ3n) is 2.66. The normalized spacial score (nSPS) is 15.8. The molecule has 16 heavy (non-hydrogen) atoms. The molecule has 1 atom stereocenters. The summed E-state index contributed by atoms with van der Waals surface area (Å²) in [7, 11) is -1.03. The van der Waals surface area contributed by atoms with Crippen molar-refractivity contribution >= 4 is 7.60 Å². The smallest absolute Gasteiger partial charge is 0.365 e. The van der Waals surface area contributed by atoms with Crippen LogP contribution >= 0.6 is 7.60 Å². The molecule has 0 bridgehead atoms. The molecule has 0 saturated heterocycles. The van der Waals surface area contributed by atoms with Gasteiger partial charge in [-0.1, -0.05) is 37.3 Å². The summed E-state index contributed by atoms with van der Waals surface area (Å²) in [4.78, 5) is 0. The number of hydrogen-bond donors (Lipinski definition) is 1. The summed E-state index contributed by atoms with van der Waals surface area (Å²) in [5, 5.41) is 8.90. The first kappa shape index (κ1) is 13.4. The summed E-state index contributed by atoms with van der Waals surface area (Å²) in [5.41, 5.74) is 0.532. The molecule has 1 unspecified atom stereocenters. The van der Waals surface area contributed by atoms with E-state index in [4.69, 9.17) is 9.05 Å². The lowest BCUT2D eigenvalue weighted by Crippen LogP contribution is -2.26. The number of hydrogen-bond acceptors (Lipinski definition) is 4. The maximum atomic E-state index is 12.3. The minimum atomic E-state index is -3.57. The molecule has 1 aromatic rings. The second-order valence-electron chi connectivity index (χ2n) is 3.40. The zero-order valence-electron chi connectivity index (χ0n) is 9.71. The average Bonchev–Trinajstić information content (AvgIpc) is 2.37. The van der Waals surface area contributed by atoms with Gasteiger partial charge in [-0.15, -0.1) is 0 Å². The molecule has 0 aliphatic heterocycles. The van der Waals surface area contributed by atoms with Gasteiger partial charge in [0.05, 0.1) is 0 Å². The highest BCUT2D eigenvalue weighted by Crippen LogP contribution is 2.63. The third-order valence-corrected chi connectivity index (χ3v) is 5.10. The van der Waals surface area contributed by atoms with Crippen molar-refractivity contribution < 1.29 is 18.7 Å². The Balaban J connectivity index is 3.27. The van der Waals surface area contributed by atoms with Crippen LogP contribution in [0.25, 0.3) is 0 Å². The standard InChI is InChI=1S/C11H17O4P/c1-4-11(12,16(13,14-2)15-3)10-8-6-5-7-9-10/h5-9,12H,4H2,1-3H3. The maximum Gasteiger partial charge on any atom is 0.365 e. The second kappa shape index (κ2) is 5.11. The second-order valence-corrected chi connectivity index (χ2v) is 5.86. The van der Waals surface area contributed by atoms with Gasteiger partial charge in [0.15, 0.2) is 5.34 Å². The van der Waals surface area contributed by atoms with Gasteiger partial charge in [0.1, 0.15) is 0 Å². The molecule has 0 amide bonds. The van der Waals surface area contributed by atoms with E-state index in [1.54, 1.807) is 31.2 Å². The quantitative estimate of drug-likeness (QED) is 0.809. The first-order chi connectivity index (χ1) is 7.54. The molecule has 0 spiro atoms. The van der Waals surface area contributed by atoms with Crippen LogP contribution in [-0.4, -0.2) is 19.3 Å². The molecule has 1 rings (SSSR count). The van der Waals surface area contributed by atoms with E-state index in [0.717, 1.165) is 0 Å². The van der Waals surface area contributed by atoms with Gasteiger partial charge in [0, 0.05) is 14.2 Å². The molecule has 5 heteroatoms. The molecule has 1 aromatic carbocycles. The van der Waals surface area contributed by atoms with E-state index in [-0.39, 0.29) is 6.42 Å². The van der Waals surface area contributed by atoms with Gasteiger partial charge in [-0.25, -0.2) is 0 Å². The lowest BCUT2D eigenvalue weighted by atomic mass is 10.1. The summed E-state index contributed by atoms with van der Waals surface area (Å²) >= 11 is 0. The number of benzene rings is 1. The average molecular weight is 244 g/mol. The molecule has 0 aliphatic carbocycles. The lowest BCUT2D eigenvalue weighted by Gasteiger charge is -2.32. The topological polar surface area (TPSA) is 55.8 Å². The molecule has 0 heterocycles. The Morgan fingerprint density at radius 2 is 1.75 bits per heavy atom.